The molecule has 0 atom stereocenters. The molecule has 1 aromatic rings. The van der Waals surface area contributed by atoms with E-state index in [2.05, 4.69) is 53.4 Å². The number of nitrogens with zero attached hydrogens (tertiary/aromatic N) is 2. The Hall–Kier alpha value is -1.51. The fraction of sp³-hybridized carbons (Fsp3) is 0.588. The van der Waals surface area contributed by atoms with Gasteiger partial charge in [0.25, 0.3) is 0 Å². The molecule has 3 nitrogen and oxygen atoms in total. The molecular weight excluding hydrogens is 246 g/mol. The van der Waals surface area contributed by atoms with E-state index in [0.29, 0.717) is 0 Å². The standard InChI is InChI=1S/C17H27N3/c1-3-4-5-6-8-15-9-11-16(12-10-15)19-17-18-13-7-14-20(17)2/h9-12H,3-8,13-14H2,1-2H3,(H,18,19). The molecule has 20 heavy (non-hydrogen) atoms. The number of guanidine groups is 1. The summed E-state index contributed by atoms with van der Waals surface area (Å²) in [6, 6.07) is 8.70. The minimum Gasteiger partial charge on any atom is -0.356 e. The fourth-order valence-corrected chi connectivity index (χ4v) is 2.50. The van der Waals surface area contributed by atoms with Crippen LogP contribution < -0.4 is 5.32 Å². The van der Waals surface area contributed by atoms with Gasteiger partial charge in [0.15, 0.2) is 5.96 Å². The summed E-state index contributed by atoms with van der Waals surface area (Å²) in [5.41, 5.74) is 2.47. The van der Waals surface area contributed by atoms with Crippen LogP contribution in [0.15, 0.2) is 29.3 Å². The summed E-state index contributed by atoms with van der Waals surface area (Å²) in [6.07, 6.45) is 7.67. The molecular formula is C17H27N3. The Balaban J connectivity index is 1.89. The number of hydrogen-bond acceptors (Lipinski definition) is 1. The van der Waals surface area contributed by atoms with E-state index < -0.39 is 0 Å². The molecule has 0 unspecified atom stereocenters. The minimum absolute atomic E-state index is 0.993. The fourth-order valence-electron chi connectivity index (χ4n) is 2.50. The minimum atomic E-state index is 0.993. The van der Waals surface area contributed by atoms with Gasteiger partial charge in [-0.05, 0) is 37.0 Å². The third-order valence-corrected chi connectivity index (χ3v) is 3.81. The van der Waals surface area contributed by atoms with E-state index in [0.717, 1.165) is 24.7 Å². The topological polar surface area (TPSA) is 27.6 Å². The molecule has 1 aliphatic heterocycles. The van der Waals surface area contributed by atoms with Gasteiger partial charge in [-0.1, -0.05) is 38.3 Å². The SMILES string of the molecule is CCCCCCc1ccc(/N=C2/NCCCN2C)cc1. The molecule has 3 heteroatoms. The Morgan fingerprint density at radius 3 is 2.65 bits per heavy atom. The summed E-state index contributed by atoms with van der Waals surface area (Å²) in [6.45, 7) is 4.37. The monoisotopic (exact) mass is 273 g/mol. The van der Waals surface area contributed by atoms with E-state index in [1.165, 1.54) is 44.1 Å². The maximum absolute atomic E-state index is 4.68. The van der Waals surface area contributed by atoms with Gasteiger partial charge < -0.3 is 10.2 Å². The van der Waals surface area contributed by atoms with E-state index in [1.807, 2.05) is 0 Å². The molecule has 1 fully saturated rings. The van der Waals surface area contributed by atoms with Crippen LogP contribution in [-0.4, -0.2) is 31.0 Å². The van der Waals surface area contributed by atoms with E-state index in [9.17, 15) is 0 Å². The lowest BCUT2D eigenvalue weighted by Gasteiger charge is -2.27. The Bertz CT molecular complexity index is 422. The van der Waals surface area contributed by atoms with Crippen molar-refractivity contribution in [2.75, 3.05) is 20.1 Å². The van der Waals surface area contributed by atoms with Crippen LogP contribution in [0, 0.1) is 0 Å². The van der Waals surface area contributed by atoms with Crippen LogP contribution in [0.5, 0.6) is 0 Å². The number of unbranched alkanes of at least 4 members (excludes halogenated alkanes) is 3. The molecule has 1 aromatic carbocycles. The lowest BCUT2D eigenvalue weighted by molar-refractivity contribution is 0.431. The largest absolute Gasteiger partial charge is 0.356 e. The molecule has 110 valence electrons. The molecule has 0 saturated carbocycles. The lowest BCUT2D eigenvalue weighted by atomic mass is 10.1. The van der Waals surface area contributed by atoms with E-state index in [-0.39, 0.29) is 0 Å². The first-order valence-corrected chi connectivity index (χ1v) is 7.92. The zero-order chi connectivity index (χ0) is 14.2. The lowest BCUT2D eigenvalue weighted by Crippen LogP contribution is -2.45. The van der Waals surface area contributed by atoms with Crippen LogP contribution in [0.1, 0.15) is 44.6 Å². The van der Waals surface area contributed by atoms with Crippen molar-refractivity contribution in [1.82, 2.24) is 10.2 Å². The van der Waals surface area contributed by atoms with Gasteiger partial charge in [0.1, 0.15) is 0 Å². The molecule has 2 rings (SSSR count). The van der Waals surface area contributed by atoms with Gasteiger partial charge in [-0.2, -0.15) is 0 Å². The molecule has 1 heterocycles. The molecule has 0 spiro atoms. The third-order valence-electron chi connectivity index (χ3n) is 3.81. The van der Waals surface area contributed by atoms with Crippen LogP contribution in [-0.2, 0) is 6.42 Å². The van der Waals surface area contributed by atoms with Crippen LogP contribution in [0.3, 0.4) is 0 Å². The van der Waals surface area contributed by atoms with Crippen LogP contribution in [0.25, 0.3) is 0 Å². The summed E-state index contributed by atoms with van der Waals surface area (Å²) in [7, 11) is 2.09. The van der Waals surface area contributed by atoms with Crippen molar-refractivity contribution in [3.63, 3.8) is 0 Å². The number of benzene rings is 1. The maximum Gasteiger partial charge on any atom is 0.198 e. The highest BCUT2D eigenvalue weighted by Gasteiger charge is 2.10. The van der Waals surface area contributed by atoms with Crippen LogP contribution in [0.2, 0.25) is 0 Å². The van der Waals surface area contributed by atoms with Gasteiger partial charge >= 0.3 is 0 Å². The first-order valence-electron chi connectivity index (χ1n) is 7.92. The Morgan fingerprint density at radius 1 is 1.15 bits per heavy atom. The van der Waals surface area contributed by atoms with Crippen LogP contribution >= 0.6 is 0 Å². The summed E-state index contributed by atoms with van der Waals surface area (Å²) in [4.78, 5) is 6.86. The van der Waals surface area contributed by atoms with Crippen molar-refractivity contribution in [2.45, 2.75) is 45.4 Å². The number of rotatable bonds is 6. The summed E-state index contributed by atoms with van der Waals surface area (Å²) >= 11 is 0. The van der Waals surface area contributed by atoms with E-state index in [4.69, 9.17) is 0 Å². The Labute approximate surface area is 123 Å². The van der Waals surface area contributed by atoms with Gasteiger partial charge in [0, 0.05) is 20.1 Å². The van der Waals surface area contributed by atoms with Gasteiger partial charge in [-0.25, -0.2) is 4.99 Å². The molecule has 0 radical (unpaired) electrons. The van der Waals surface area contributed by atoms with Gasteiger partial charge in [0.2, 0.25) is 0 Å². The zero-order valence-electron chi connectivity index (χ0n) is 12.9. The molecule has 1 N–H and O–H groups in total. The second-order valence-corrected chi connectivity index (χ2v) is 5.61. The van der Waals surface area contributed by atoms with Crippen molar-refractivity contribution in [3.05, 3.63) is 29.8 Å². The zero-order valence-corrected chi connectivity index (χ0v) is 12.9. The van der Waals surface area contributed by atoms with Gasteiger partial charge in [-0.3, -0.25) is 0 Å². The second-order valence-electron chi connectivity index (χ2n) is 5.61. The maximum atomic E-state index is 4.68. The highest BCUT2D eigenvalue weighted by molar-refractivity contribution is 5.83. The van der Waals surface area contributed by atoms with Gasteiger partial charge in [-0.15, -0.1) is 0 Å². The predicted octanol–water partition coefficient (Wildman–Crippen LogP) is 3.72. The highest BCUT2D eigenvalue weighted by atomic mass is 15.3. The number of aliphatic imine (C=N–C) groups is 1. The van der Waals surface area contributed by atoms with Crippen molar-refractivity contribution in [3.8, 4) is 0 Å². The van der Waals surface area contributed by atoms with Gasteiger partial charge in [0.05, 0.1) is 5.69 Å². The summed E-state index contributed by atoms with van der Waals surface area (Å²) in [5, 5.41) is 3.36. The average molecular weight is 273 g/mol. The van der Waals surface area contributed by atoms with E-state index in [1.54, 1.807) is 0 Å². The first-order chi connectivity index (χ1) is 9.79. The van der Waals surface area contributed by atoms with E-state index >= 15 is 0 Å². The van der Waals surface area contributed by atoms with Crippen LogP contribution in [0.4, 0.5) is 5.69 Å². The Morgan fingerprint density at radius 2 is 1.95 bits per heavy atom. The Kier molecular flexibility index (Phi) is 5.90. The molecule has 0 amide bonds. The smallest absolute Gasteiger partial charge is 0.198 e. The molecule has 0 aliphatic carbocycles. The van der Waals surface area contributed by atoms with Crippen molar-refractivity contribution < 1.29 is 0 Å². The number of hydrogen-bond donors (Lipinski definition) is 1. The highest BCUT2D eigenvalue weighted by Crippen LogP contribution is 2.16. The molecule has 0 aromatic heterocycles. The third kappa shape index (κ3) is 4.55. The van der Waals surface area contributed by atoms with Crippen molar-refractivity contribution in [1.29, 1.82) is 0 Å². The van der Waals surface area contributed by atoms with Crippen molar-refractivity contribution >= 4 is 11.6 Å². The summed E-state index contributed by atoms with van der Waals surface area (Å²) in [5.74, 6) is 0.993. The first kappa shape index (κ1) is 14.9. The summed E-state index contributed by atoms with van der Waals surface area (Å²) < 4.78 is 0. The number of aryl methyl sites for hydroxylation is 1. The normalized spacial score (nSPS) is 17.3. The molecule has 1 saturated heterocycles. The second kappa shape index (κ2) is 7.93. The number of nitrogens with one attached hydrogen (secondary N) is 1. The molecule has 0 bridgehead atoms. The predicted molar refractivity (Wildman–Crippen MR) is 86.6 cm³/mol. The molecule has 1 aliphatic rings. The quantitative estimate of drug-likeness (QED) is 0.800. The average Bonchev–Trinajstić information content (AvgIpc) is 2.48. The van der Waals surface area contributed by atoms with Crippen molar-refractivity contribution in [2.24, 2.45) is 4.99 Å².